The van der Waals surface area contributed by atoms with E-state index in [0.717, 1.165) is 43.2 Å². The Hall–Kier alpha value is -1.65. The van der Waals surface area contributed by atoms with Gasteiger partial charge in [0.25, 0.3) is 0 Å². The Balaban J connectivity index is 1.84. The van der Waals surface area contributed by atoms with Crippen LogP contribution in [0, 0.1) is 6.92 Å². The fourth-order valence-corrected chi connectivity index (χ4v) is 6.91. The van der Waals surface area contributed by atoms with Crippen LogP contribution in [0.2, 0.25) is 0 Å². The van der Waals surface area contributed by atoms with Gasteiger partial charge in [0.2, 0.25) is 10.0 Å². The highest BCUT2D eigenvalue weighted by Crippen LogP contribution is 2.47. The molecule has 0 radical (unpaired) electrons. The minimum atomic E-state index is -3.54. The predicted molar refractivity (Wildman–Crippen MR) is 109 cm³/mol. The molecule has 2 aromatic rings. The van der Waals surface area contributed by atoms with E-state index in [1.165, 1.54) is 12.0 Å². The first-order chi connectivity index (χ1) is 12.9. The Labute approximate surface area is 163 Å². The van der Waals surface area contributed by atoms with Gasteiger partial charge in [0, 0.05) is 12.1 Å². The van der Waals surface area contributed by atoms with Gasteiger partial charge in [-0.3, -0.25) is 0 Å². The Morgan fingerprint density at radius 3 is 2.33 bits per heavy atom. The number of fused-ring (bicyclic) bond motifs is 1. The molecule has 3 nitrogen and oxygen atoms in total. The number of nitrogens with zero attached hydrogens (tertiary/aromatic N) is 1. The molecule has 1 unspecified atom stereocenters. The molecule has 1 aliphatic carbocycles. The van der Waals surface area contributed by atoms with E-state index in [2.05, 4.69) is 25.1 Å². The van der Waals surface area contributed by atoms with Crippen LogP contribution in [-0.4, -0.2) is 18.3 Å². The molecule has 0 bridgehead atoms. The van der Waals surface area contributed by atoms with Crippen molar-refractivity contribution in [1.29, 1.82) is 0 Å². The lowest BCUT2D eigenvalue weighted by Gasteiger charge is -2.45. The topological polar surface area (TPSA) is 37.4 Å². The molecule has 1 fully saturated rings. The number of sulfonamides is 1. The van der Waals surface area contributed by atoms with Crippen molar-refractivity contribution in [1.82, 2.24) is 4.31 Å². The van der Waals surface area contributed by atoms with Crippen LogP contribution in [0.4, 0.5) is 0 Å². The quantitative estimate of drug-likeness (QED) is 0.697. The monoisotopic (exact) mass is 383 g/mol. The van der Waals surface area contributed by atoms with Gasteiger partial charge in [0.15, 0.2) is 0 Å². The first-order valence-corrected chi connectivity index (χ1v) is 11.5. The summed E-state index contributed by atoms with van der Waals surface area (Å²) >= 11 is 0. The molecule has 0 saturated heterocycles. The second kappa shape index (κ2) is 7.06. The smallest absolute Gasteiger partial charge is 0.207 e. The Bertz CT molecular complexity index is 912. The third-order valence-electron chi connectivity index (χ3n) is 6.51. The molecular weight excluding hydrogens is 354 g/mol. The average Bonchev–Trinajstić information content (AvgIpc) is 2.78. The number of hydrogen-bond acceptors (Lipinski definition) is 2. The molecule has 27 heavy (non-hydrogen) atoms. The van der Waals surface area contributed by atoms with Crippen LogP contribution < -0.4 is 0 Å². The van der Waals surface area contributed by atoms with Gasteiger partial charge >= 0.3 is 0 Å². The maximum Gasteiger partial charge on any atom is 0.243 e. The molecule has 4 rings (SSSR count). The molecule has 1 heterocycles. The molecule has 1 saturated carbocycles. The van der Waals surface area contributed by atoms with Crippen molar-refractivity contribution >= 4 is 10.0 Å². The molecule has 0 amide bonds. The lowest BCUT2D eigenvalue weighted by molar-refractivity contribution is 0.111. The highest BCUT2D eigenvalue weighted by atomic mass is 32.2. The summed E-state index contributed by atoms with van der Waals surface area (Å²) < 4.78 is 29.4. The Morgan fingerprint density at radius 2 is 1.63 bits per heavy atom. The van der Waals surface area contributed by atoms with Crippen molar-refractivity contribution < 1.29 is 8.42 Å². The zero-order chi connectivity index (χ0) is 19.1. The second-order valence-electron chi connectivity index (χ2n) is 8.41. The highest BCUT2D eigenvalue weighted by Gasteiger charge is 2.47. The Morgan fingerprint density at radius 1 is 0.963 bits per heavy atom. The van der Waals surface area contributed by atoms with Gasteiger partial charge in [-0.05, 0) is 55.4 Å². The van der Waals surface area contributed by atoms with Crippen molar-refractivity contribution in [2.24, 2.45) is 0 Å². The van der Waals surface area contributed by atoms with Gasteiger partial charge < -0.3 is 0 Å². The lowest BCUT2D eigenvalue weighted by atomic mass is 9.75. The van der Waals surface area contributed by atoms with Crippen LogP contribution in [0.5, 0.6) is 0 Å². The Kier molecular flexibility index (Phi) is 4.89. The summed E-state index contributed by atoms with van der Waals surface area (Å²) in [7, 11) is -3.54. The van der Waals surface area contributed by atoms with Crippen LogP contribution >= 0.6 is 0 Å². The van der Waals surface area contributed by atoms with Crippen LogP contribution in [0.25, 0.3) is 0 Å². The summed E-state index contributed by atoms with van der Waals surface area (Å²) in [6.07, 6.45) is 6.29. The van der Waals surface area contributed by atoms with Gasteiger partial charge in [0.1, 0.15) is 0 Å². The lowest BCUT2D eigenvalue weighted by Crippen LogP contribution is -2.52. The van der Waals surface area contributed by atoms with Crippen molar-refractivity contribution in [2.45, 2.75) is 75.3 Å². The second-order valence-corrected chi connectivity index (χ2v) is 10.3. The number of aryl methyl sites for hydroxylation is 1. The summed E-state index contributed by atoms with van der Waals surface area (Å²) in [5, 5.41) is 0. The third-order valence-corrected chi connectivity index (χ3v) is 8.47. The average molecular weight is 384 g/mol. The molecule has 1 aliphatic heterocycles. The predicted octanol–water partition coefficient (Wildman–Crippen LogP) is 5.40. The maximum atomic E-state index is 13.8. The van der Waals surface area contributed by atoms with Gasteiger partial charge in [-0.2, -0.15) is 4.31 Å². The fraction of sp³-hybridized carbons (Fsp3) is 0.478. The van der Waals surface area contributed by atoms with E-state index in [1.807, 2.05) is 29.4 Å². The van der Waals surface area contributed by atoms with E-state index in [1.54, 1.807) is 12.1 Å². The first-order valence-electron chi connectivity index (χ1n) is 10.1. The van der Waals surface area contributed by atoms with Crippen molar-refractivity contribution in [3.05, 3.63) is 65.2 Å². The number of rotatable bonds is 2. The van der Waals surface area contributed by atoms with Crippen LogP contribution in [-0.2, 0) is 16.6 Å². The molecule has 144 valence electrons. The van der Waals surface area contributed by atoms with Gasteiger partial charge in [-0.15, -0.1) is 0 Å². The molecule has 2 aliphatic rings. The molecule has 1 spiro atoms. The molecular formula is C23H29NO2S. The van der Waals surface area contributed by atoms with E-state index < -0.39 is 10.0 Å². The van der Waals surface area contributed by atoms with E-state index in [0.29, 0.717) is 17.4 Å². The highest BCUT2D eigenvalue weighted by molar-refractivity contribution is 7.89. The third kappa shape index (κ3) is 3.34. The van der Waals surface area contributed by atoms with E-state index in [-0.39, 0.29) is 5.54 Å². The van der Waals surface area contributed by atoms with E-state index in [4.69, 9.17) is 0 Å². The minimum absolute atomic E-state index is 0.263. The SMILES string of the molecule is Cc1ccc(S(=O)(=O)N2Cc3ccccc3C(C)CC23CCCCC3)cc1. The molecule has 4 heteroatoms. The van der Waals surface area contributed by atoms with Crippen LogP contribution in [0.3, 0.4) is 0 Å². The summed E-state index contributed by atoms with van der Waals surface area (Å²) in [6, 6.07) is 15.7. The first kappa shape index (κ1) is 18.7. The van der Waals surface area contributed by atoms with Gasteiger partial charge in [-0.25, -0.2) is 8.42 Å². The van der Waals surface area contributed by atoms with Crippen molar-refractivity contribution in [3.8, 4) is 0 Å². The van der Waals surface area contributed by atoms with Gasteiger partial charge in [0.05, 0.1) is 4.90 Å². The summed E-state index contributed by atoms with van der Waals surface area (Å²) in [6.45, 7) is 4.73. The standard InChI is InChI=1S/C23H29NO2S/c1-18-10-12-21(13-11-18)27(25,26)24-17-20-8-4-5-9-22(20)19(2)16-23(24)14-6-3-7-15-23/h4-5,8-13,19H,3,6-7,14-17H2,1-2H3. The van der Waals surface area contributed by atoms with Crippen LogP contribution in [0.15, 0.2) is 53.4 Å². The fourth-order valence-electron chi connectivity index (χ4n) is 5.10. The zero-order valence-corrected chi connectivity index (χ0v) is 17.1. The van der Waals surface area contributed by atoms with Crippen molar-refractivity contribution in [2.75, 3.05) is 0 Å². The summed E-state index contributed by atoms with van der Waals surface area (Å²) in [5.41, 5.74) is 3.28. The van der Waals surface area contributed by atoms with E-state index >= 15 is 0 Å². The largest absolute Gasteiger partial charge is 0.243 e. The number of hydrogen-bond donors (Lipinski definition) is 0. The normalized spacial score (nSPS) is 23.0. The van der Waals surface area contributed by atoms with Crippen LogP contribution in [0.1, 0.15) is 68.1 Å². The van der Waals surface area contributed by atoms with Gasteiger partial charge in [-0.1, -0.05) is 68.1 Å². The molecule has 1 atom stereocenters. The summed E-state index contributed by atoms with van der Waals surface area (Å²) in [4.78, 5) is 0.421. The van der Waals surface area contributed by atoms with E-state index in [9.17, 15) is 8.42 Å². The minimum Gasteiger partial charge on any atom is -0.207 e. The van der Waals surface area contributed by atoms with Crippen molar-refractivity contribution in [3.63, 3.8) is 0 Å². The molecule has 2 aromatic carbocycles. The maximum absolute atomic E-state index is 13.8. The molecule has 0 aromatic heterocycles. The molecule has 0 N–H and O–H groups in total. The zero-order valence-electron chi connectivity index (χ0n) is 16.3. The number of benzene rings is 2. The summed E-state index contributed by atoms with van der Waals surface area (Å²) in [5.74, 6) is 0.373.